The highest BCUT2D eigenvalue weighted by Crippen LogP contribution is 2.66. The van der Waals surface area contributed by atoms with E-state index in [1.54, 1.807) is 0 Å². The Morgan fingerprint density at radius 3 is 1.87 bits per heavy atom. The normalized spacial score (nSPS) is 17.9. The third kappa shape index (κ3) is 5.06. The first kappa shape index (κ1) is 35.9. The first-order valence-corrected chi connectivity index (χ1v) is 22.2. The largest absolute Gasteiger partial charge is 0.311 e. The topological polar surface area (TPSA) is 25.2 Å². The molecule has 1 spiro atoms. The van der Waals surface area contributed by atoms with Crippen LogP contribution in [0.15, 0.2) is 236 Å². The fourth-order valence-corrected chi connectivity index (χ4v) is 13.2. The van der Waals surface area contributed by atoms with Gasteiger partial charge in [-0.15, -0.1) is 0 Å². The number of nitrogens with zero attached hydrogens (tertiary/aromatic N) is 2. The zero-order valence-corrected chi connectivity index (χ0v) is 34.1. The van der Waals surface area contributed by atoms with Crippen molar-refractivity contribution >= 4 is 56.6 Å². The molecule has 0 saturated heterocycles. The maximum absolute atomic E-state index is 16.4. The molecule has 1 aromatic heterocycles. The molecule has 2 aliphatic heterocycles. The molecular weight excluding hydrogens is 748 g/mol. The molecule has 60 heavy (non-hydrogen) atoms. The van der Waals surface area contributed by atoms with Crippen LogP contribution in [0.2, 0.25) is 0 Å². The van der Waals surface area contributed by atoms with E-state index >= 15 is 4.57 Å². The van der Waals surface area contributed by atoms with Crippen molar-refractivity contribution in [2.45, 2.75) is 12.3 Å². The van der Waals surface area contributed by atoms with Crippen LogP contribution in [0.3, 0.4) is 0 Å². The number of rotatable bonds is 7. The summed E-state index contributed by atoms with van der Waals surface area (Å²) in [5, 5.41) is 5.00. The van der Waals surface area contributed by atoms with E-state index in [-0.39, 0.29) is 0 Å². The van der Waals surface area contributed by atoms with Crippen molar-refractivity contribution in [2.75, 3.05) is 4.90 Å². The molecule has 8 aromatic carbocycles. The standard InChI is InChI=1S/C56H41N2OP/c1-3-4-27-48-39(2)60(59,45-23-12-7-13-24-45)54-37-34-41(40-32-35-44(36-33-40)57(42-19-8-5-9-20-42)43-21-10-6-11-22-43)38-51(54)56(48)49-28-15-17-31-53(49)58-52-30-16-14-25-46(52)47-26-18-29-50(56)55(47)58/h3-38H,1H2,2H3/b27-4-. The van der Waals surface area contributed by atoms with Crippen LogP contribution in [-0.2, 0) is 9.98 Å². The number of hydrogen-bond acceptors (Lipinski definition) is 2. The molecular formula is C56H41N2OP. The van der Waals surface area contributed by atoms with Crippen molar-refractivity contribution in [1.82, 2.24) is 4.57 Å². The number of hydrogen-bond donors (Lipinski definition) is 0. The predicted molar refractivity (Wildman–Crippen MR) is 253 cm³/mol. The molecule has 4 heteroatoms. The highest BCUT2D eigenvalue weighted by atomic mass is 31.2. The molecule has 11 rings (SSSR count). The van der Waals surface area contributed by atoms with E-state index in [0.717, 1.165) is 66.5 Å². The summed E-state index contributed by atoms with van der Waals surface area (Å²) in [4.78, 5) is 2.28. The molecule has 3 nitrogen and oxygen atoms in total. The predicted octanol–water partition coefficient (Wildman–Crippen LogP) is 13.9. The molecule has 2 atom stereocenters. The van der Waals surface area contributed by atoms with E-state index in [1.165, 1.54) is 27.4 Å². The van der Waals surface area contributed by atoms with Gasteiger partial charge in [0, 0.05) is 38.4 Å². The van der Waals surface area contributed by atoms with Gasteiger partial charge >= 0.3 is 0 Å². The molecule has 0 amide bonds. The van der Waals surface area contributed by atoms with Crippen molar-refractivity contribution in [2.24, 2.45) is 0 Å². The second-order valence-electron chi connectivity index (χ2n) is 15.6. The summed E-state index contributed by atoms with van der Waals surface area (Å²) in [6, 6.07) is 70.9. The number of benzene rings is 8. The van der Waals surface area contributed by atoms with Gasteiger partial charge in [0.2, 0.25) is 0 Å². The van der Waals surface area contributed by atoms with E-state index < -0.39 is 12.6 Å². The van der Waals surface area contributed by atoms with Crippen LogP contribution in [0.4, 0.5) is 17.1 Å². The van der Waals surface area contributed by atoms with E-state index in [1.807, 2.05) is 42.5 Å². The van der Waals surface area contributed by atoms with Crippen molar-refractivity contribution in [3.63, 3.8) is 0 Å². The third-order valence-electron chi connectivity index (χ3n) is 12.7. The second-order valence-corrected chi connectivity index (χ2v) is 18.5. The second kappa shape index (κ2) is 14.0. The molecule has 2 aliphatic rings. The third-order valence-corrected chi connectivity index (χ3v) is 15.9. The van der Waals surface area contributed by atoms with Crippen LogP contribution < -0.4 is 15.5 Å². The highest BCUT2D eigenvalue weighted by Gasteiger charge is 2.54. The van der Waals surface area contributed by atoms with Crippen LogP contribution >= 0.6 is 7.14 Å². The first-order chi connectivity index (χ1) is 29.5. The fraction of sp³-hybridized carbons (Fsp3) is 0.0357. The molecule has 2 unspecified atom stereocenters. The van der Waals surface area contributed by atoms with Gasteiger partial charge in [-0.1, -0.05) is 164 Å². The minimum absolute atomic E-state index is 0.810. The highest BCUT2D eigenvalue weighted by molar-refractivity contribution is 7.82. The Morgan fingerprint density at radius 1 is 0.567 bits per heavy atom. The van der Waals surface area contributed by atoms with Gasteiger partial charge in [0.1, 0.15) is 0 Å². The van der Waals surface area contributed by atoms with Gasteiger partial charge < -0.3 is 14.0 Å². The van der Waals surface area contributed by atoms with Gasteiger partial charge in [-0.3, -0.25) is 0 Å². The van der Waals surface area contributed by atoms with Crippen LogP contribution in [-0.4, -0.2) is 4.57 Å². The zero-order chi connectivity index (χ0) is 40.4. The van der Waals surface area contributed by atoms with E-state index in [0.29, 0.717) is 0 Å². The summed E-state index contributed by atoms with van der Waals surface area (Å²) < 4.78 is 18.9. The number of anilines is 3. The lowest BCUT2D eigenvalue weighted by Crippen LogP contribution is -2.43. The molecule has 0 radical (unpaired) electrons. The number of fused-ring (bicyclic) bond motifs is 9. The van der Waals surface area contributed by atoms with Crippen LogP contribution in [0.25, 0.3) is 38.6 Å². The van der Waals surface area contributed by atoms with Gasteiger partial charge in [0.15, 0.2) is 7.14 Å². The Hall–Kier alpha value is -7.19. The monoisotopic (exact) mass is 788 g/mol. The maximum atomic E-state index is 16.4. The Bertz CT molecular complexity index is 3210. The molecule has 0 fully saturated rings. The summed E-state index contributed by atoms with van der Waals surface area (Å²) in [5.41, 5.74) is 12.4. The Kier molecular flexibility index (Phi) is 8.37. The van der Waals surface area contributed by atoms with Gasteiger partial charge in [-0.25, -0.2) is 0 Å². The van der Waals surface area contributed by atoms with Gasteiger partial charge in [0.25, 0.3) is 0 Å². The maximum Gasteiger partial charge on any atom is 0.167 e. The Balaban J connectivity index is 1.22. The van der Waals surface area contributed by atoms with Crippen molar-refractivity contribution in [1.29, 1.82) is 0 Å². The minimum atomic E-state index is -3.36. The lowest BCUT2D eigenvalue weighted by atomic mass is 9.62. The lowest BCUT2D eigenvalue weighted by Gasteiger charge is -2.48. The summed E-state index contributed by atoms with van der Waals surface area (Å²) in [5.74, 6) is 0. The van der Waals surface area contributed by atoms with E-state index in [2.05, 4.69) is 199 Å². The van der Waals surface area contributed by atoms with Gasteiger partial charge in [-0.2, -0.15) is 0 Å². The number of allylic oxidation sites excluding steroid dienone is 5. The summed E-state index contributed by atoms with van der Waals surface area (Å²) >= 11 is 0. The van der Waals surface area contributed by atoms with Crippen LogP contribution in [0.1, 0.15) is 23.6 Å². The average Bonchev–Trinajstić information content (AvgIpc) is 3.66. The molecule has 9 aromatic rings. The smallest absolute Gasteiger partial charge is 0.167 e. The molecule has 0 N–H and O–H groups in total. The van der Waals surface area contributed by atoms with Crippen molar-refractivity contribution in [3.8, 4) is 16.8 Å². The van der Waals surface area contributed by atoms with Crippen molar-refractivity contribution in [3.05, 3.63) is 253 Å². The average molecular weight is 789 g/mol. The van der Waals surface area contributed by atoms with Gasteiger partial charge in [0.05, 0.1) is 22.1 Å². The molecule has 0 aliphatic carbocycles. The summed E-state index contributed by atoms with van der Waals surface area (Å²) in [6.07, 6.45) is 6.02. The van der Waals surface area contributed by atoms with E-state index in [9.17, 15) is 0 Å². The fourth-order valence-electron chi connectivity index (χ4n) is 10.1. The van der Waals surface area contributed by atoms with Gasteiger partial charge in [-0.05, 0) is 106 Å². The SMILES string of the molecule is C=C/C=C\C1=C(C)P(=O)(c2ccccc2)c2ccc(-c3ccc(N(c4ccccc4)c4ccccc4)cc3)cc2C12c1ccccc1-n1c3ccccc3c3cccc2c31. The van der Waals surface area contributed by atoms with Crippen LogP contribution in [0, 0.1) is 0 Å². The molecule has 3 heterocycles. The quantitative estimate of drug-likeness (QED) is 0.119. The zero-order valence-electron chi connectivity index (χ0n) is 33.2. The van der Waals surface area contributed by atoms with Crippen molar-refractivity contribution < 1.29 is 4.57 Å². The number of para-hydroxylation sites is 5. The summed E-state index contributed by atoms with van der Waals surface area (Å²) in [6.45, 7) is 6.22. The summed E-state index contributed by atoms with van der Waals surface area (Å²) in [7, 11) is -3.36. The lowest BCUT2D eigenvalue weighted by molar-refractivity contribution is 0.587. The minimum Gasteiger partial charge on any atom is -0.311 e. The molecule has 286 valence electrons. The Labute approximate surface area is 350 Å². The first-order valence-electron chi connectivity index (χ1n) is 20.5. The Morgan fingerprint density at radius 2 is 1.15 bits per heavy atom. The molecule has 0 bridgehead atoms. The van der Waals surface area contributed by atoms with Crippen LogP contribution in [0.5, 0.6) is 0 Å². The number of aromatic nitrogens is 1. The molecule has 0 saturated carbocycles. The van der Waals surface area contributed by atoms with E-state index in [4.69, 9.17) is 0 Å².